The predicted octanol–water partition coefficient (Wildman–Crippen LogP) is 3.94. The van der Waals surface area contributed by atoms with Gasteiger partial charge in [0.05, 0.1) is 19.3 Å². The molecule has 0 spiro atoms. The zero-order valence-electron chi connectivity index (χ0n) is 17.9. The highest BCUT2D eigenvalue weighted by atomic mass is 35.5. The van der Waals surface area contributed by atoms with Crippen molar-refractivity contribution in [3.05, 3.63) is 64.7 Å². The summed E-state index contributed by atoms with van der Waals surface area (Å²) in [5, 5.41) is 17.4. The van der Waals surface area contributed by atoms with Gasteiger partial charge in [-0.15, -0.1) is 0 Å². The summed E-state index contributed by atoms with van der Waals surface area (Å²) < 4.78 is 10.6. The molecule has 30 heavy (non-hydrogen) atoms. The number of methoxy groups -OCH3 is 1. The van der Waals surface area contributed by atoms with Crippen molar-refractivity contribution in [3.8, 4) is 5.75 Å². The van der Waals surface area contributed by atoms with E-state index in [1.54, 1.807) is 33.9 Å². The average Bonchev–Trinajstić information content (AvgIpc) is 2.66. The minimum absolute atomic E-state index is 0.290. The van der Waals surface area contributed by atoms with Crippen molar-refractivity contribution >= 4 is 17.7 Å². The molecule has 2 atom stereocenters. The van der Waals surface area contributed by atoms with Crippen LogP contribution in [0.25, 0.3) is 0 Å². The molecule has 0 unspecified atom stereocenters. The molecule has 0 aromatic heterocycles. The number of hydrogen-bond acceptors (Lipinski definition) is 5. The first-order valence-electron chi connectivity index (χ1n) is 9.92. The lowest BCUT2D eigenvalue weighted by Gasteiger charge is -2.27. The summed E-state index contributed by atoms with van der Waals surface area (Å²) >= 11 is 6.08. The number of nitrogens with one attached hydrogen (secondary N) is 2. The predicted molar refractivity (Wildman–Crippen MR) is 119 cm³/mol. The zero-order chi connectivity index (χ0) is 22.1. The van der Waals surface area contributed by atoms with Crippen LogP contribution in [-0.2, 0) is 17.7 Å². The number of amides is 1. The van der Waals surface area contributed by atoms with Crippen LogP contribution in [0.5, 0.6) is 5.75 Å². The van der Waals surface area contributed by atoms with Crippen LogP contribution >= 0.6 is 11.6 Å². The Labute approximate surface area is 183 Å². The molecule has 0 aliphatic heterocycles. The number of ether oxygens (including phenoxy) is 2. The maximum absolute atomic E-state index is 12.3. The number of benzene rings is 2. The molecular formula is C23H31ClN2O4. The van der Waals surface area contributed by atoms with Crippen LogP contribution in [0.4, 0.5) is 4.79 Å². The lowest BCUT2D eigenvalue weighted by Crippen LogP contribution is -2.49. The second-order valence-corrected chi connectivity index (χ2v) is 8.57. The Hall–Kier alpha value is -2.28. The zero-order valence-corrected chi connectivity index (χ0v) is 18.7. The van der Waals surface area contributed by atoms with Crippen molar-refractivity contribution < 1.29 is 19.4 Å². The third-order valence-corrected chi connectivity index (χ3v) is 4.56. The molecule has 6 nitrogen and oxygen atoms in total. The van der Waals surface area contributed by atoms with Gasteiger partial charge in [-0.3, -0.25) is 0 Å². The Bertz CT molecular complexity index is 823. The number of aliphatic hydroxyl groups excluding tert-OH is 1. The highest BCUT2D eigenvalue weighted by Gasteiger charge is 2.25. The summed E-state index contributed by atoms with van der Waals surface area (Å²) in [4.78, 5) is 12.3. The van der Waals surface area contributed by atoms with Gasteiger partial charge in [-0.05, 0) is 62.6 Å². The van der Waals surface area contributed by atoms with Crippen molar-refractivity contribution in [2.45, 2.75) is 51.5 Å². The molecule has 0 radical (unpaired) electrons. The van der Waals surface area contributed by atoms with Crippen molar-refractivity contribution in [1.29, 1.82) is 0 Å². The fraction of sp³-hybridized carbons (Fsp3) is 0.435. The highest BCUT2D eigenvalue weighted by molar-refractivity contribution is 6.30. The van der Waals surface area contributed by atoms with Crippen LogP contribution < -0.4 is 15.4 Å². The number of rotatable bonds is 9. The molecule has 0 aliphatic rings. The van der Waals surface area contributed by atoms with Crippen LogP contribution in [0.2, 0.25) is 5.02 Å². The van der Waals surface area contributed by atoms with E-state index in [2.05, 4.69) is 10.6 Å². The molecule has 0 fully saturated rings. The van der Waals surface area contributed by atoms with E-state index < -0.39 is 23.8 Å². The molecular weight excluding hydrogens is 404 g/mol. The second-order valence-electron chi connectivity index (χ2n) is 8.14. The fourth-order valence-electron chi connectivity index (χ4n) is 2.95. The van der Waals surface area contributed by atoms with E-state index in [1.807, 2.05) is 42.5 Å². The SMILES string of the molecule is COc1cccc(CNC[C@@H](O)[C@H](Cc2cccc(Cl)c2)NC(=O)OC(C)(C)C)c1. The number of alkyl carbamates (subject to hydrolysis) is 1. The van der Waals surface area contributed by atoms with E-state index in [1.165, 1.54) is 0 Å². The number of hydrogen-bond donors (Lipinski definition) is 3. The standard InChI is InChI=1S/C23H31ClN2O4/c1-23(2,3)30-22(28)26-20(13-16-7-5-9-18(24)11-16)21(27)15-25-14-17-8-6-10-19(12-17)29-4/h5-12,20-21,25,27H,13-15H2,1-4H3,(H,26,28)/t20-,21+/m0/s1. The van der Waals surface area contributed by atoms with Crippen molar-refractivity contribution in [2.24, 2.45) is 0 Å². The summed E-state index contributed by atoms with van der Waals surface area (Å²) in [6.45, 7) is 6.24. The smallest absolute Gasteiger partial charge is 0.407 e. The fourth-order valence-corrected chi connectivity index (χ4v) is 3.16. The summed E-state index contributed by atoms with van der Waals surface area (Å²) in [7, 11) is 1.62. The summed E-state index contributed by atoms with van der Waals surface area (Å²) in [6.07, 6.45) is -0.981. The van der Waals surface area contributed by atoms with Gasteiger partial charge in [0.1, 0.15) is 11.4 Å². The maximum atomic E-state index is 12.3. The van der Waals surface area contributed by atoms with Crippen molar-refractivity contribution in [2.75, 3.05) is 13.7 Å². The van der Waals surface area contributed by atoms with Crippen LogP contribution in [-0.4, -0.2) is 42.6 Å². The molecule has 0 aliphatic carbocycles. The largest absolute Gasteiger partial charge is 0.497 e. The number of carbonyl (C=O) groups is 1. The molecule has 0 heterocycles. The van der Waals surface area contributed by atoms with E-state index >= 15 is 0 Å². The molecule has 0 saturated heterocycles. The summed E-state index contributed by atoms with van der Waals surface area (Å²) in [5.74, 6) is 0.778. The third kappa shape index (κ3) is 8.61. The number of carbonyl (C=O) groups excluding carboxylic acids is 1. The minimum Gasteiger partial charge on any atom is -0.497 e. The van der Waals surface area contributed by atoms with Crippen molar-refractivity contribution in [1.82, 2.24) is 10.6 Å². The van der Waals surface area contributed by atoms with Gasteiger partial charge in [0.2, 0.25) is 0 Å². The van der Waals surface area contributed by atoms with Crippen LogP contribution in [0.1, 0.15) is 31.9 Å². The van der Waals surface area contributed by atoms with Gasteiger partial charge in [-0.25, -0.2) is 4.79 Å². The number of aliphatic hydroxyl groups is 1. The third-order valence-electron chi connectivity index (χ3n) is 4.33. The van der Waals surface area contributed by atoms with E-state index in [4.69, 9.17) is 21.1 Å². The first-order chi connectivity index (χ1) is 14.2. The first-order valence-corrected chi connectivity index (χ1v) is 10.3. The highest BCUT2D eigenvalue weighted by Crippen LogP contribution is 2.15. The van der Waals surface area contributed by atoms with E-state index in [0.29, 0.717) is 18.0 Å². The van der Waals surface area contributed by atoms with Crippen molar-refractivity contribution in [3.63, 3.8) is 0 Å². The van der Waals surface area contributed by atoms with Crippen LogP contribution in [0.3, 0.4) is 0 Å². The van der Waals surface area contributed by atoms with Gasteiger partial charge in [-0.1, -0.05) is 35.9 Å². The molecule has 7 heteroatoms. The Morgan fingerprint density at radius 3 is 2.50 bits per heavy atom. The molecule has 0 saturated carbocycles. The van der Waals surface area contributed by atoms with E-state index in [-0.39, 0.29) is 6.54 Å². The Morgan fingerprint density at radius 1 is 1.13 bits per heavy atom. The van der Waals surface area contributed by atoms with E-state index in [0.717, 1.165) is 16.9 Å². The normalized spacial score (nSPS) is 13.4. The Morgan fingerprint density at radius 2 is 1.83 bits per heavy atom. The molecule has 0 bridgehead atoms. The average molecular weight is 435 g/mol. The minimum atomic E-state index is -0.831. The number of halogens is 1. The lowest BCUT2D eigenvalue weighted by atomic mass is 10.0. The van der Waals surface area contributed by atoms with Gasteiger partial charge >= 0.3 is 6.09 Å². The quantitative estimate of drug-likeness (QED) is 0.557. The Balaban J connectivity index is 2.00. The summed E-state index contributed by atoms with van der Waals surface area (Å²) in [5.41, 5.74) is 1.32. The Kier molecular flexibility index (Phi) is 8.96. The molecule has 2 aromatic carbocycles. The van der Waals surface area contributed by atoms with Crippen LogP contribution in [0.15, 0.2) is 48.5 Å². The summed E-state index contributed by atoms with van der Waals surface area (Å²) in [6, 6.07) is 14.5. The van der Waals surface area contributed by atoms with Gasteiger partial charge in [0.15, 0.2) is 0 Å². The van der Waals surface area contributed by atoms with Gasteiger partial charge in [-0.2, -0.15) is 0 Å². The maximum Gasteiger partial charge on any atom is 0.407 e. The molecule has 2 aromatic rings. The molecule has 1 amide bonds. The second kappa shape index (κ2) is 11.2. The molecule has 2 rings (SSSR count). The molecule has 3 N–H and O–H groups in total. The monoisotopic (exact) mass is 434 g/mol. The van der Waals surface area contributed by atoms with Gasteiger partial charge < -0.3 is 25.2 Å². The first kappa shape index (κ1) is 24.0. The molecule has 164 valence electrons. The van der Waals surface area contributed by atoms with E-state index in [9.17, 15) is 9.90 Å². The lowest BCUT2D eigenvalue weighted by molar-refractivity contribution is 0.0422. The van der Waals surface area contributed by atoms with Gasteiger partial charge in [0, 0.05) is 18.1 Å². The van der Waals surface area contributed by atoms with Gasteiger partial charge in [0.25, 0.3) is 0 Å². The van der Waals surface area contributed by atoms with Crippen LogP contribution in [0, 0.1) is 0 Å². The topological polar surface area (TPSA) is 79.8 Å².